The van der Waals surface area contributed by atoms with Crippen molar-refractivity contribution in [2.24, 2.45) is 11.8 Å². The molecule has 3 nitrogen and oxygen atoms in total. The van der Waals surface area contributed by atoms with Gasteiger partial charge in [0.25, 0.3) is 0 Å². The van der Waals surface area contributed by atoms with E-state index in [1.165, 1.54) is 32.1 Å². The Labute approximate surface area is 123 Å². The molecule has 0 amide bonds. The third-order valence-electron chi connectivity index (χ3n) is 6.16. The van der Waals surface area contributed by atoms with E-state index in [1.807, 2.05) is 0 Å². The monoisotopic (exact) mass is 282 g/mol. The second kappa shape index (κ2) is 5.94. The summed E-state index contributed by atoms with van der Waals surface area (Å²) in [6.07, 6.45) is 10.4. The zero-order chi connectivity index (χ0) is 14.1. The lowest BCUT2D eigenvalue weighted by Gasteiger charge is -2.49. The second-order valence-electron chi connectivity index (χ2n) is 7.39. The van der Waals surface area contributed by atoms with Crippen molar-refractivity contribution in [1.29, 1.82) is 0 Å². The van der Waals surface area contributed by atoms with Crippen LogP contribution in [0.2, 0.25) is 0 Å². The van der Waals surface area contributed by atoms with Crippen LogP contribution in [0.1, 0.15) is 64.7 Å². The summed E-state index contributed by atoms with van der Waals surface area (Å²) in [7, 11) is 0. The molecule has 1 spiro atoms. The lowest BCUT2D eigenvalue weighted by atomic mass is 9.66. The maximum Gasteiger partial charge on any atom is 0.0730 e. The van der Waals surface area contributed by atoms with E-state index >= 15 is 0 Å². The molecule has 0 aromatic heterocycles. The molecule has 1 aliphatic carbocycles. The van der Waals surface area contributed by atoms with E-state index in [-0.39, 0.29) is 5.60 Å². The Bertz CT molecular complexity index is 309. The van der Waals surface area contributed by atoms with Crippen molar-refractivity contribution in [3.8, 4) is 0 Å². The number of hydrogen-bond donors (Lipinski definition) is 1. The molecule has 3 aliphatic rings. The van der Waals surface area contributed by atoms with Crippen molar-refractivity contribution in [2.45, 2.75) is 75.9 Å². The Balaban J connectivity index is 1.68. The molecule has 20 heavy (non-hydrogen) atoms. The SMILES string of the molecule is CC(O)(C1CCCCC1)C1CCOC2(CCOCC2)C1. The minimum Gasteiger partial charge on any atom is -0.390 e. The molecule has 3 fully saturated rings. The minimum absolute atomic E-state index is 0.000175. The number of rotatable bonds is 2. The Morgan fingerprint density at radius 1 is 0.950 bits per heavy atom. The second-order valence-corrected chi connectivity index (χ2v) is 7.39. The predicted octanol–water partition coefficient (Wildman–Crippen LogP) is 3.29. The van der Waals surface area contributed by atoms with Gasteiger partial charge in [0.1, 0.15) is 0 Å². The third-order valence-corrected chi connectivity index (χ3v) is 6.16. The summed E-state index contributed by atoms with van der Waals surface area (Å²) in [5.41, 5.74) is -0.505. The Morgan fingerprint density at radius 2 is 1.65 bits per heavy atom. The fourth-order valence-corrected chi connectivity index (χ4v) is 4.64. The lowest BCUT2D eigenvalue weighted by molar-refractivity contribution is -0.183. The van der Waals surface area contributed by atoms with Crippen LogP contribution in [0, 0.1) is 11.8 Å². The fourth-order valence-electron chi connectivity index (χ4n) is 4.64. The summed E-state index contributed by atoms with van der Waals surface area (Å²) >= 11 is 0. The van der Waals surface area contributed by atoms with Crippen molar-refractivity contribution in [3.63, 3.8) is 0 Å². The van der Waals surface area contributed by atoms with Crippen LogP contribution in [-0.2, 0) is 9.47 Å². The first-order valence-electron chi connectivity index (χ1n) is 8.56. The van der Waals surface area contributed by atoms with Crippen molar-refractivity contribution >= 4 is 0 Å². The average Bonchev–Trinajstić information content (AvgIpc) is 2.49. The van der Waals surface area contributed by atoms with E-state index in [9.17, 15) is 5.11 Å². The maximum absolute atomic E-state index is 11.2. The summed E-state index contributed by atoms with van der Waals surface area (Å²) in [5, 5.41) is 11.2. The van der Waals surface area contributed by atoms with Gasteiger partial charge in [0.2, 0.25) is 0 Å². The molecule has 1 N–H and O–H groups in total. The van der Waals surface area contributed by atoms with Gasteiger partial charge < -0.3 is 14.6 Å². The zero-order valence-corrected chi connectivity index (χ0v) is 12.9. The van der Waals surface area contributed by atoms with Crippen LogP contribution in [0.4, 0.5) is 0 Å². The fraction of sp³-hybridized carbons (Fsp3) is 1.00. The van der Waals surface area contributed by atoms with Gasteiger partial charge in [0.05, 0.1) is 11.2 Å². The van der Waals surface area contributed by atoms with Crippen LogP contribution in [-0.4, -0.2) is 36.1 Å². The summed E-state index contributed by atoms with van der Waals surface area (Å²) in [4.78, 5) is 0. The van der Waals surface area contributed by atoms with Crippen LogP contribution in [0.15, 0.2) is 0 Å². The van der Waals surface area contributed by atoms with Crippen molar-refractivity contribution in [1.82, 2.24) is 0 Å². The largest absolute Gasteiger partial charge is 0.390 e. The lowest BCUT2D eigenvalue weighted by Crippen LogP contribution is -2.52. The molecular weight excluding hydrogens is 252 g/mol. The highest BCUT2D eigenvalue weighted by molar-refractivity contribution is 4.98. The van der Waals surface area contributed by atoms with E-state index in [4.69, 9.17) is 9.47 Å². The van der Waals surface area contributed by atoms with E-state index < -0.39 is 5.60 Å². The van der Waals surface area contributed by atoms with Gasteiger partial charge in [0.15, 0.2) is 0 Å². The Kier molecular flexibility index (Phi) is 4.40. The van der Waals surface area contributed by atoms with Crippen LogP contribution >= 0.6 is 0 Å². The van der Waals surface area contributed by atoms with Gasteiger partial charge in [-0.1, -0.05) is 19.3 Å². The molecule has 0 bridgehead atoms. The highest BCUT2D eigenvalue weighted by Crippen LogP contribution is 2.46. The molecule has 1 saturated carbocycles. The van der Waals surface area contributed by atoms with Gasteiger partial charge in [-0.25, -0.2) is 0 Å². The highest BCUT2D eigenvalue weighted by atomic mass is 16.5. The van der Waals surface area contributed by atoms with Crippen LogP contribution < -0.4 is 0 Å². The molecule has 0 radical (unpaired) electrons. The Hall–Kier alpha value is -0.120. The normalized spacial score (nSPS) is 34.8. The first kappa shape index (κ1) is 14.8. The molecule has 2 atom stereocenters. The maximum atomic E-state index is 11.2. The molecule has 3 heteroatoms. The van der Waals surface area contributed by atoms with E-state index in [0.29, 0.717) is 11.8 Å². The molecule has 2 saturated heterocycles. The smallest absolute Gasteiger partial charge is 0.0730 e. The Morgan fingerprint density at radius 3 is 2.35 bits per heavy atom. The predicted molar refractivity (Wildman–Crippen MR) is 78.7 cm³/mol. The summed E-state index contributed by atoms with van der Waals surface area (Å²) in [6, 6.07) is 0. The molecular formula is C17H30O3. The molecule has 2 heterocycles. The van der Waals surface area contributed by atoms with Crippen LogP contribution in [0.3, 0.4) is 0 Å². The summed E-state index contributed by atoms with van der Waals surface area (Å²) in [6.45, 7) is 4.55. The van der Waals surface area contributed by atoms with Gasteiger partial charge in [-0.05, 0) is 57.3 Å². The molecule has 116 valence electrons. The highest BCUT2D eigenvalue weighted by Gasteiger charge is 2.47. The topological polar surface area (TPSA) is 38.7 Å². The van der Waals surface area contributed by atoms with Crippen molar-refractivity contribution < 1.29 is 14.6 Å². The zero-order valence-electron chi connectivity index (χ0n) is 12.9. The average molecular weight is 282 g/mol. The first-order valence-corrected chi connectivity index (χ1v) is 8.56. The molecule has 0 aromatic rings. The van der Waals surface area contributed by atoms with E-state index in [0.717, 1.165) is 45.5 Å². The third kappa shape index (κ3) is 2.90. The molecule has 3 rings (SSSR count). The van der Waals surface area contributed by atoms with Gasteiger partial charge in [0, 0.05) is 19.8 Å². The summed E-state index contributed by atoms with van der Waals surface area (Å²) in [5.74, 6) is 0.897. The van der Waals surface area contributed by atoms with Gasteiger partial charge in [-0.3, -0.25) is 0 Å². The van der Waals surface area contributed by atoms with Crippen LogP contribution in [0.5, 0.6) is 0 Å². The van der Waals surface area contributed by atoms with Crippen molar-refractivity contribution in [2.75, 3.05) is 19.8 Å². The number of ether oxygens (including phenoxy) is 2. The standard InChI is InChI=1S/C17H30O3/c1-16(18,14-5-3-2-4-6-14)15-7-10-20-17(13-15)8-11-19-12-9-17/h14-15,18H,2-13H2,1H3. The summed E-state index contributed by atoms with van der Waals surface area (Å²) < 4.78 is 11.6. The first-order chi connectivity index (χ1) is 9.62. The van der Waals surface area contributed by atoms with Crippen LogP contribution in [0.25, 0.3) is 0 Å². The van der Waals surface area contributed by atoms with Gasteiger partial charge in [-0.15, -0.1) is 0 Å². The molecule has 0 aromatic carbocycles. The number of aliphatic hydroxyl groups is 1. The molecule has 2 aliphatic heterocycles. The van der Waals surface area contributed by atoms with E-state index in [1.54, 1.807) is 0 Å². The quantitative estimate of drug-likeness (QED) is 0.844. The number of hydrogen-bond acceptors (Lipinski definition) is 3. The minimum atomic E-state index is -0.504. The van der Waals surface area contributed by atoms with E-state index in [2.05, 4.69) is 6.92 Å². The van der Waals surface area contributed by atoms with Gasteiger partial charge in [-0.2, -0.15) is 0 Å². The molecule has 2 unspecified atom stereocenters. The van der Waals surface area contributed by atoms with Gasteiger partial charge >= 0.3 is 0 Å². The van der Waals surface area contributed by atoms with Crippen molar-refractivity contribution in [3.05, 3.63) is 0 Å².